The average Bonchev–Trinajstić information content (AvgIpc) is 3.25. The minimum atomic E-state index is -3.69. The van der Waals surface area contributed by atoms with Gasteiger partial charge in [0.2, 0.25) is 5.91 Å². The smallest absolute Gasteiger partial charge is 0.261 e. The van der Waals surface area contributed by atoms with Crippen molar-refractivity contribution in [3.63, 3.8) is 0 Å². The van der Waals surface area contributed by atoms with Crippen molar-refractivity contribution in [1.29, 1.82) is 0 Å². The van der Waals surface area contributed by atoms with Crippen molar-refractivity contribution >= 4 is 27.3 Å². The highest BCUT2D eigenvalue weighted by Gasteiger charge is 2.33. The molecule has 0 radical (unpaired) electrons. The molecule has 0 spiro atoms. The maximum atomic E-state index is 12.9. The molecule has 7 heteroatoms. The molecule has 0 bridgehead atoms. The van der Waals surface area contributed by atoms with Crippen molar-refractivity contribution < 1.29 is 13.2 Å². The van der Waals surface area contributed by atoms with Gasteiger partial charge >= 0.3 is 0 Å². The Morgan fingerprint density at radius 3 is 2.62 bits per heavy atom. The number of fused-ring (bicyclic) bond motifs is 1. The van der Waals surface area contributed by atoms with Gasteiger partial charge in [-0.15, -0.1) is 0 Å². The molecule has 6 nitrogen and oxygen atoms in total. The molecule has 134 valence electrons. The van der Waals surface area contributed by atoms with E-state index in [1.54, 1.807) is 23.2 Å². The lowest BCUT2D eigenvalue weighted by atomic mass is 10.00. The number of sulfonamides is 1. The van der Waals surface area contributed by atoms with Gasteiger partial charge in [0.05, 0.1) is 22.5 Å². The average molecular weight is 369 g/mol. The number of carbonyl (C=O) groups is 1. The lowest BCUT2D eigenvalue weighted by molar-refractivity contribution is -0.118. The number of pyridine rings is 1. The lowest BCUT2D eigenvalue weighted by Gasteiger charge is -2.25. The van der Waals surface area contributed by atoms with E-state index in [4.69, 9.17) is 0 Å². The molecule has 0 fully saturated rings. The molecule has 3 aliphatic rings. The third kappa shape index (κ3) is 2.41. The summed E-state index contributed by atoms with van der Waals surface area (Å²) >= 11 is 0. The molecule has 26 heavy (non-hydrogen) atoms. The Labute approximate surface area is 152 Å². The predicted molar refractivity (Wildman–Crippen MR) is 97.9 cm³/mol. The van der Waals surface area contributed by atoms with Crippen molar-refractivity contribution in [2.75, 3.05) is 16.2 Å². The minimum absolute atomic E-state index is 0.134. The number of nitrogens with zero attached hydrogens (tertiary/aromatic N) is 2. The Hall–Kier alpha value is -2.41. The van der Waals surface area contributed by atoms with Gasteiger partial charge in [0.25, 0.3) is 10.0 Å². The number of nitrogens with one attached hydrogen (secondary N) is 1. The van der Waals surface area contributed by atoms with Gasteiger partial charge in [-0.2, -0.15) is 0 Å². The first-order valence-corrected chi connectivity index (χ1v) is 10.5. The number of hydrogen-bond acceptors (Lipinski definition) is 4. The van der Waals surface area contributed by atoms with Crippen molar-refractivity contribution in [3.05, 3.63) is 46.8 Å². The second kappa shape index (κ2) is 5.54. The van der Waals surface area contributed by atoms with E-state index >= 15 is 0 Å². The van der Waals surface area contributed by atoms with Crippen molar-refractivity contribution in [2.45, 2.75) is 43.4 Å². The van der Waals surface area contributed by atoms with Crippen LogP contribution in [0.2, 0.25) is 0 Å². The number of rotatable bonds is 3. The Morgan fingerprint density at radius 2 is 1.77 bits per heavy atom. The molecule has 0 atom stereocenters. The second-order valence-electron chi connectivity index (χ2n) is 7.17. The SMILES string of the molecule is O=C1CCc2cc(S(=O)(=O)Nc3cnc4c(c3)CCC4)cc3c2N1CC3. The molecule has 0 unspecified atom stereocenters. The van der Waals surface area contributed by atoms with Gasteiger partial charge in [-0.3, -0.25) is 14.5 Å². The van der Waals surface area contributed by atoms with Crippen LogP contribution in [0.4, 0.5) is 11.4 Å². The third-order valence-electron chi connectivity index (χ3n) is 5.51. The molecule has 1 aliphatic carbocycles. The van der Waals surface area contributed by atoms with E-state index in [0.29, 0.717) is 31.5 Å². The van der Waals surface area contributed by atoms with Gasteiger partial charge in [-0.05, 0) is 67.0 Å². The summed E-state index contributed by atoms with van der Waals surface area (Å²) in [6.45, 7) is 0.646. The molecule has 0 saturated heterocycles. The summed E-state index contributed by atoms with van der Waals surface area (Å²) in [5.41, 5.74) is 5.54. The molecule has 2 aliphatic heterocycles. The third-order valence-corrected chi connectivity index (χ3v) is 6.87. The van der Waals surface area contributed by atoms with Crippen LogP contribution < -0.4 is 9.62 Å². The van der Waals surface area contributed by atoms with Crippen LogP contribution in [0.3, 0.4) is 0 Å². The van der Waals surface area contributed by atoms with Crippen molar-refractivity contribution in [2.24, 2.45) is 0 Å². The van der Waals surface area contributed by atoms with Crippen LogP contribution >= 0.6 is 0 Å². The number of benzene rings is 1. The van der Waals surface area contributed by atoms with E-state index in [-0.39, 0.29) is 10.8 Å². The first kappa shape index (κ1) is 15.8. The Balaban J connectivity index is 1.51. The Kier molecular flexibility index (Phi) is 3.37. The highest BCUT2D eigenvalue weighted by Crippen LogP contribution is 2.38. The summed E-state index contributed by atoms with van der Waals surface area (Å²) in [5, 5.41) is 0. The summed E-state index contributed by atoms with van der Waals surface area (Å²) in [7, 11) is -3.69. The molecular weight excluding hydrogens is 350 g/mol. The van der Waals surface area contributed by atoms with Gasteiger partial charge in [-0.1, -0.05) is 0 Å². The van der Waals surface area contributed by atoms with E-state index in [1.807, 2.05) is 6.07 Å². The normalized spacial score (nSPS) is 18.0. The molecule has 5 rings (SSSR count). The number of aryl methyl sites for hydroxylation is 3. The fourth-order valence-electron chi connectivity index (χ4n) is 4.28. The standard InChI is InChI=1S/C19H19N3O3S/c23-18-5-4-13-9-16(10-14-6-7-22(18)19(13)14)26(24,25)21-15-8-12-2-1-3-17(12)20-11-15/h8-11,21H,1-7H2. The molecule has 2 aromatic rings. The molecule has 1 amide bonds. The maximum Gasteiger partial charge on any atom is 0.261 e. The number of aromatic nitrogens is 1. The van der Waals surface area contributed by atoms with Gasteiger partial charge in [-0.25, -0.2) is 8.42 Å². The number of carbonyl (C=O) groups excluding carboxylic acids is 1. The molecular formula is C19H19N3O3S. The number of anilines is 2. The van der Waals surface area contributed by atoms with E-state index < -0.39 is 10.0 Å². The monoisotopic (exact) mass is 369 g/mol. The van der Waals surface area contributed by atoms with Crippen LogP contribution in [-0.2, 0) is 40.5 Å². The van der Waals surface area contributed by atoms with Gasteiger partial charge in [0, 0.05) is 18.7 Å². The zero-order valence-corrected chi connectivity index (χ0v) is 15.1. The highest BCUT2D eigenvalue weighted by atomic mass is 32.2. The first-order chi connectivity index (χ1) is 12.5. The zero-order valence-electron chi connectivity index (χ0n) is 14.3. The summed E-state index contributed by atoms with van der Waals surface area (Å²) in [6, 6.07) is 5.32. The molecule has 1 aromatic carbocycles. The number of hydrogen-bond donors (Lipinski definition) is 1. The van der Waals surface area contributed by atoms with Crippen LogP contribution in [-0.4, -0.2) is 25.9 Å². The molecule has 0 saturated carbocycles. The summed E-state index contributed by atoms with van der Waals surface area (Å²) < 4.78 is 28.5. The van der Waals surface area contributed by atoms with E-state index in [9.17, 15) is 13.2 Å². The van der Waals surface area contributed by atoms with Crippen LogP contribution in [0.15, 0.2) is 29.3 Å². The number of amides is 1. The summed E-state index contributed by atoms with van der Waals surface area (Å²) in [4.78, 5) is 18.5. The van der Waals surface area contributed by atoms with E-state index in [0.717, 1.165) is 47.3 Å². The first-order valence-electron chi connectivity index (χ1n) is 8.98. The molecule has 1 aromatic heterocycles. The summed E-state index contributed by atoms with van der Waals surface area (Å²) in [5.74, 6) is 0.134. The lowest BCUT2D eigenvalue weighted by Crippen LogP contribution is -2.33. The Bertz CT molecular complexity index is 1050. The topological polar surface area (TPSA) is 79.4 Å². The largest absolute Gasteiger partial charge is 0.312 e. The fourth-order valence-corrected chi connectivity index (χ4v) is 5.41. The van der Waals surface area contributed by atoms with Crippen molar-refractivity contribution in [3.8, 4) is 0 Å². The molecule has 1 N–H and O–H groups in total. The second-order valence-corrected chi connectivity index (χ2v) is 8.86. The Morgan fingerprint density at radius 1 is 0.962 bits per heavy atom. The minimum Gasteiger partial charge on any atom is -0.312 e. The van der Waals surface area contributed by atoms with Gasteiger partial charge in [0.15, 0.2) is 0 Å². The highest BCUT2D eigenvalue weighted by molar-refractivity contribution is 7.92. The van der Waals surface area contributed by atoms with E-state index in [2.05, 4.69) is 9.71 Å². The zero-order chi connectivity index (χ0) is 17.9. The van der Waals surface area contributed by atoms with Gasteiger partial charge < -0.3 is 4.90 Å². The maximum absolute atomic E-state index is 12.9. The van der Waals surface area contributed by atoms with Crippen LogP contribution in [0.5, 0.6) is 0 Å². The predicted octanol–water partition coefficient (Wildman–Crippen LogP) is 2.21. The fraction of sp³-hybridized carbons (Fsp3) is 0.368. The quantitative estimate of drug-likeness (QED) is 0.900. The van der Waals surface area contributed by atoms with Crippen LogP contribution in [0.1, 0.15) is 35.2 Å². The molecule has 3 heterocycles. The van der Waals surface area contributed by atoms with Crippen molar-refractivity contribution in [1.82, 2.24) is 4.98 Å². The van der Waals surface area contributed by atoms with Gasteiger partial charge in [0.1, 0.15) is 0 Å². The van der Waals surface area contributed by atoms with Crippen LogP contribution in [0, 0.1) is 0 Å². The van der Waals surface area contributed by atoms with Crippen LogP contribution in [0.25, 0.3) is 0 Å². The summed E-state index contributed by atoms with van der Waals surface area (Å²) in [6.07, 6.45) is 6.33. The van der Waals surface area contributed by atoms with E-state index in [1.165, 1.54) is 0 Å².